The monoisotopic (exact) mass is 493 g/mol. The van der Waals surface area contributed by atoms with E-state index in [1.807, 2.05) is 0 Å². The molecule has 0 unspecified atom stereocenters. The van der Waals surface area contributed by atoms with E-state index in [0.29, 0.717) is 12.0 Å². The van der Waals surface area contributed by atoms with Gasteiger partial charge in [0.15, 0.2) is 5.82 Å². The summed E-state index contributed by atoms with van der Waals surface area (Å²) in [5.41, 5.74) is 10.2. The van der Waals surface area contributed by atoms with E-state index in [9.17, 15) is 0 Å². The number of hydrogen-bond donors (Lipinski definition) is 1. The Labute approximate surface area is 220 Å². The molecule has 4 aromatic rings. The first-order valence-electron chi connectivity index (χ1n) is 14.0. The minimum atomic E-state index is 0.492. The molecule has 2 aliphatic heterocycles. The summed E-state index contributed by atoms with van der Waals surface area (Å²) < 4.78 is 0. The van der Waals surface area contributed by atoms with E-state index in [1.54, 1.807) is 0 Å². The number of benzene rings is 2. The van der Waals surface area contributed by atoms with Crippen LogP contribution in [0.15, 0.2) is 42.6 Å². The van der Waals surface area contributed by atoms with Gasteiger partial charge >= 0.3 is 0 Å². The van der Waals surface area contributed by atoms with Crippen molar-refractivity contribution in [2.75, 3.05) is 22.9 Å². The lowest BCUT2D eigenvalue weighted by Gasteiger charge is -2.39. The number of nitrogens with zero attached hydrogens (tertiary/aromatic N) is 4. The molecule has 0 radical (unpaired) electrons. The summed E-state index contributed by atoms with van der Waals surface area (Å²) in [5, 5.41) is 1.23. The third kappa shape index (κ3) is 4.28. The minimum Gasteiger partial charge on any atom is -0.366 e. The van der Waals surface area contributed by atoms with Gasteiger partial charge in [-0.3, -0.25) is 0 Å². The van der Waals surface area contributed by atoms with Gasteiger partial charge in [0, 0.05) is 66.0 Å². The fourth-order valence-corrected chi connectivity index (χ4v) is 6.24. The summed E-state index contributed by atoms with van der Waals surface area (Å²) in [5.74, 6) is 2.54. The van der Waals surface area contributed by atoms with Crippen molar-refractivity contribution in [2.45, 2.75) is 78.8 Å². The first kappa shape index (κ1) is 24.0. The van der Waals surface area contributed by atoms with Crippen molar-refractivity contribution in [3.63, 3.8) is 0 Å². The van der Waals surface area contributed by atoms with Crippen LogP contribution in [-0.4, -0.2) is 34.1 Å². The fraction of sp³-hybridized carbons (Fsp3) is 0.438. The topological polar surface area (TPSA) is 48.1 Å². The number of rotatable bonds is 4. The lowest BCUT2D eigenvalue weighted by atomic mass is 9.97. The molecular weight excluding hydrogens is 454 g/mol. The van der Waals surface area contributed by atoms with E-state index in [-0.39, 0.29) is 0 Å². The summed E-state index contributed by atoms with van der Waals surface area (Å²) in [4.78, 5) is 19.2. The third-order valence-corrected chi connectivity index (χ3v) is 8.50. The molecule has 5 heteroatoms. The van der Waals surface area contributed by atoms with Crippen LogP contribution in [0.4, 0.5) is 11.5 Å². The Hall–Kier alpha value is -3.34. The molecule has 1 saturated heterocycles. The highest BCUT2D eigenvalue weighted by Gasteiger charge is 2.30. The maximum absolute atomic E-state index is 5.37. The quantitative estimate of drug-likeness (QED) is 0.324. The molecule has 2 aromatic heterocycles. The van der Waals surface area contributed by atoms with Crippen LogP contribution >= 0.6 is 0 Å². The first-order valence-corrected chi connectivity index (χ1v) is 14.0. The maximum Gasteiger partial charge on any atom is 0.162 e. The van der Waals surface area contributed by atoms with Crippen molar-refractivity contribution in [1.29, 1.82) is 0 Å². The lowest BCUT2D eigenvalue weighted by Crippen LogP contribution is -2.41. The average molecular weight is 494 g/mol. The molecule has 0 saturated carbocycles. The smallest absolute Gasteiger partial charge is 0.162 e. The summed E-state index contributed by atoms with van der Waals surface area (Å²) >= 11 is 0. The molecule has 6 rings (SSSR count). The largest absolute Gasteiger partial charge is 0.366 e. The van der Waals surface area contributed by atoms with E-state index < -0.39 is 0 Å². The molecular formula is C32H39N5. The van der Waals surface area contributed by atoms with Gasteiger partial charge in [-0.2, -0.15) is 0 Å². The molecule has 0 bridgehead atoms. The molecule has 37 heavy (non-hydrogen) atoms. The second kappa shape index (κ2) is 9.51. The van der Waals surface area contributed by atoms with Crippen molar-refractivity contribution < 1.29 is 0 Å². The van der Waals surface area contributed by atoms with Crippen LogP contribution in [0.3, 0.4) is 0 Å². The van der Waals surface area contributed by atoms with Crippen molar-refractivity contribution in [1.82, 2.24) is 15.0 Å². The number of H-pyrrole nitrogens is 1. The SMILES string of the molecule is Cc1ccc(C(C)C)cc1N1CCc2nc(-c3cccc4[nH]cc(C)c34)nc(N3CCCC[C@@H]3C)c2C1. The van der Waals surface area contributed by atoms with Gasteiger partial charge in [0.1, 0.15) is 5.82 Å². The van der Waals surface area contributed by atoms with Crippen molar-refractivity contribution in [3.8, 4) is 11.4 Å². The normalized spacial score (nSPS) is 18.1. The molecule has 192 valence electrons. The van der Waals surface area contributed by atoms with Crippen LogP contribution < -0.4 is 9.80 Å². The van der Waals surface area contributed by atoms with Crippen LogP contribution in [0.2, 0.25) is 0 Å². The Kier molecular flexibility index (Phi) is 6.18. The number of anilines is 2. The molecule has 0 aliphatic carbocycles. The number of aromatic amines is 1. The molecule has 0 amide bonds. The molecule has 0 spiro atoms. The van der Waals surface area contributed by atoms with E-state index >= 15 is 0 Å². The predicted molar refractivity (Wildman–Crippen MR) is 155 cm³/mol. The highest BCUT2D eigenvalue weighted by molar-refractivity contribution is 5.96. The maximum atomic E-state index is 5.37. The zero-order valence-electron chi connectivity index (χ0n) is 22.9. The molecule has 2 aromatic carbocycles. The van der Waals surface area contributed by atoms with E-state index in [4.69, 9.17) is 9.97 Å². The molecule has 5 nitrogen and oxygen atoms in total. The predicted octanol–water partition coefficient (Wildman–Crippen LogP) is 7.31. The Morgan fingerprint density at radius 2 is 1.86 bits per heavy atom. The average Bonchev–Trinajstić information content (AvgIpc) is 3.29. The van der Waals surface area contributed by atoms with Crippen LogP contribution in [0.1, 0.15) is 73.9 Å². The van der Waals surface area contributed by atoms with Gasteiger partial charge in [0.25, 0.3) is 0 Å². The number of hydrogen-bond acceptors (Lipinski definition) is 4. The number of fused-ring (bicyclic) bond motifs is 2. The van der Waals surface area contributed by atoms with Gasteiger partial charge in [-0.25, -0.2) is 9.97 Å². The van der Waals surface area contributed by atoms with Gasteiger partial charge in [-0.05, 0) is 74.8 Å². The Morgan fingerprint density at radius 1 is 1.00 bits per heavy atom. The third-order valence-electron chi connectivity index (χ3n) is 8.50. The highest BCUT2D eigenvalue weighted by atomic mass is 15.2. The van der Waals surface area contributed by atoms with Crippen LogP contribution in [-0.2, 0) is 13.0 Å². The minimum absolute atomic E-state index is 0.492. The van der Waals surface area contributed by atoms with E-state index in [1.165, 1.54) is 58.3 Å². The van der Waals surface area contributed by atoms with Crippen LogP contribution in [0, 0.1) is 13.8 Å². The second-order valence-electron chi connectivity index (χ2n) is 11.4. The number of aromatic nitrogens is 3. The van der Waals surface area contributed by atoms with Gasteiger partial charge < -0.3 is 14.8 Å². The van der Waals surface area contributed by atoms with Crippen molar-refractivity contribution in [3.05, 3.63) is 70.5 Å². The van der Waals surface area contributed by atoms with E-state index in [0.717, 1.165) is 48.8 Å². The zero-order chi connectivity index (χ0) is 25.7. The van der Waals surface area contributed by atoms with Crippen LogP contribution in [0.25, 0.3) is 22.3 Å². The molecule has 1 atom stereocenters. The van der Waals surface area contributed by atoms with Crippen molar-refractivity contribution in [2.24, 2.45) is 0 Å². The van der Waals surface area contributed by atoms with Gasteiger partial charge in [-0.1, -0.05) is 38.1 Å². The second-order valence-corrected chi connectivity index (χ2v) is 11.4. The first-order chi connectivity index (χ1) is 17.9. The molecule has 1 fully saturated rings. The summed E-state index contributed by atoms with van der Waals surface area (Å²) in [6.07, 6.45) is 6.77. The van der Waals surface area contributed by atoms with Crippen molar-refractivity contribution >= 4 is 22.4 Å². The fourth-order valence-electron chi connectivity index (χ4n) is 6.24. The van der Waals surface area contributed by atoms with Gasteiger partial charge in [0.05, 0.1) is 5.69 Å². The molecule has 4 heterocycles. The Morgan fingerprint density at radius 3 is 2.68 bits per heavy atom. The van der Waals surface area contributed by atoms with Gasteiger partial charge in [0.2, 0.25) is 0 Å². The summed E-state index contributed by atoms with van der Waals surface area (Å²) in [7, 11) is 0. The highest BCUT2D eigenvalue weighted by Crippen LogP contribution is 2.37. The molecule has 2 aliphatic rings. The zero-order valence-corrected chi connectivity index (χ0v) is 22.9. The number of nitrogens with one attached hydrogen (secondary N) is 1. The standard InChI is InChI=1S/C32H39N5/c1-20(2)24-13-12-21(3)29(17-24)36-16-14-27-26(19-36)32(37-15-7-6-9-23(37)5)35-31(34-27)25-10-8-11-28-30(25)22(4)18-33-28/h8,10-13,17-18,20,23,33H,6-7,9,14-16,19H2,1-5H3/t23-/m0/s1. The lowest BCUT2D eigenvalue weighted by molar-refractivity contribution is 0.478. The number of piperidine rings is 1. The Bertz CT molecular complexity index is 1450. The van der Waals surface area contributed by atoms with E-state index in [2.05, 4.69) is 92.0 Å². The summed E-state index contributed by atoms with van der Waals surface area (Å²) in [6, 6.07) is 13.9. The molecule has 1 N–H and O–H groups in total. The number of aryl methyl sites for hydroxylation is 2. The Balaban J connectivity index is 1.48. The van der Waals surface area contributed by atoms with Gasteiger partial charge in [-0.15, -0.1) is 0 Å². The summed E-state index contributed by atoms with van der Waals surface area (Å²) in [6.45, 7) is 14.2. The van der Waals surface area contributed by atoms with Crippen LogP contribution in [0.5, 0.6) is 0 Å².